The van der Waals surface area contributed by atoms with Crippen molar-refractivity contribution in [3.8, 4) is 0 Å². The van der Waals surface area contributed by atoms with E-state index in [1.165, 1.54) is 12.8 Å². The summed E-state index contributed by atoms with van der Waals surface area (Å²) in [5, 5.41) is 0. The van der Waals surface area contributed by atoms with Crippen LogP contribution in [0.2, 0.25) is 0 Å². The number of allylic oxidation sites excluding steroid dienone is 4. The molecule has 1 radical (unpaired) electrons. The first kappa shape index (κ1) is 16.7. The van der Waals surface area contributed by atoms with Crippen LogP contribution in [-0.4, -0.2) is 0 Å². The largest absolute Gasteiger partial charge is 3.00 e. The van der Waals surface area contributed by atoms with Gasteiger partial charge in [-0.1, -0.05) is 19.3 Å². The molecule has 1 heteroatoms. The quantitative estimate of drug-likeness (QED) is 0.582. The monoisotopic (exact) mass is 267 g/mol. The van der Waals surface area contributed by atoms with Gasteiger partial charge in [0, 0.05) is 0 Å². The van der Waals surface area contributed by atoms with Crippen molar-refractivity contribution in [2.75, 3.05) is 0 Å². The molecular formula is C13H21Zr. The van der Waals surface area contributed by atoms with Crippen LogP contribution in [0.3, 0.4) is 0 Å². The Morgan fingerprint density at radius 1 is 1.36 bits per heavy atom. The first-order valence-electron chi connectivity index (χ1n) is 4.48. The first-order chi connectivity index (χ1) is 5.29. The van der Waals surface area contributed by atoms with Gasteiger partial charge in [0.1, 0.15) is 0 Å². The normalized spacial score (nSPS) is 27.9. The maximum absolute atomic E-state index is 2.37. The van der Waals surface area contributed by atoms with Gasteiger partial charge in [0.25, 0.3) is 0 Å². The van der Waals surface area contributed by atoms with Crippen LogP contribution in [0, 0.1) is 32.6 Å². The van der Waals surface area contributed by atoms with E-state index in [9.17, 15) is 0 Å². The van der Waals surface area contributed by atoms with Crippen LogP contribution >= 0.6 is 0 Å². The Balaban J connectivity index is 0. The van der Waals surface area contributed by atoms with Gasteiger partial charge in [0.05, 0.1) is 0 Å². The Hall–Kier alpha value is 0.233. The zero-order valence-electron chi connectivity index (χ0n) is 9.80. The fraction of sp³-hybridized carbons (Fsp3) is 0.462. The van der Waals surface area contributed by atoms with Crippen LogP contribution in [0.5, 0.6) is 0 Å². The van der Waals surface area contributed by atoms with Crippen LogP contribution < -0.4 is 0 Å². The Labute approximate surface area is 109 Å². The number of hydrogen-bond acceptors (Lipinski definition) is 0. The molecule has 0 amide bonds. The molecule has 0 nitrogen and oxygen atoms in total. The fourth-order valence-corrected chi connectivity index (χ4v) is 2.39. The third-order valence-corrected chi connectivity index (χ3v) is 3.01. The summed E-state index contributed by atoms with van der Waals surface area (Å²) in [6, 6.07) is 0. The summed E-state index contributed by atoms with van der Waals surface area (Å²) < 4.78 is 0. The number of hydrogen-bond donors (Lipinski definition) is 0. The van der Waals surface area contributed by atoms with E-state index in [0.29, 0.717) is 0 Å². The topological polar surface area (TPSA) is 0 Å². The Bertz CT molecular complexity index is 215. The molecule has 0 bridgehead atoms. The third-order valence-electron chi connectivity index (χ3n) is 3.01. The van der Waals surface area contributed by atoms with Crippen molar-refractivity contribution in [2.24, 2.45) is 11.8 Å². The van der Waals surface area contributed by atoms with Crippen LogP contribution in [0.25, 0.3) is 0 Å². The third kappa shape index (κ3) is 2.86. The second kappa shape index (κ2) is 6.67. The molecule has 0 aromatic heterocycles. The van der Waals surface area contributed by atoms with Gasteiger partial charge < -0.3 is 14.9 Å². The summed E-state index contributed by atoms with van der Waals surface area (Å²) in [4.78, 5) is 0. The van der Waals surface area contributed by atoms with Crippen molar-refractivity contribution in [1.29, 1.82) is 0 Å². The smallest absolute Gasteiger partial charge is 0.358 e. The molecule has 2 aliphatic carbocycles. The van der Waals surface area contributed by atoms with Crippen molar-refractivity contribution >= 4 is 0 Å². The first-order valence-corrected chi connectivity index (χ1v) is 4.48. The van der Waals surface area contributed by atoms with Gasteiger partial charge in [0.2, 0.25) is 0 Å². The molecule has 2 aliphatic rings. The summed E-state index contributed by atoms with van der Waals surface area (Å²) in [5.74, 6) is 3.35. The summed E-state index contributed by atoms with van der Waals surface area (Å²) in [5.41, 5.74) is 1.63. The fourth-order valence-electron chi connectivity index (χ4n) is 2.39. The van der Waals surface area contributed by atoms with E-state index in [4.69, 9.17) is 0 Å². The van der Waals surface area contributed by atoms with E-state index >= 15 is 0 Å². The summed E-state index contributed by atoms with van der Waals surface area (Å²) >= 11 is 0. The Morgan fingerprint density at radius 2 is 2.00 bits per heavy atom. The second-order valence-corrected chi connectivity index (χ2v) is 3.85. The molecule has 0 saturated heterocycles. The van der Waals surface area contributed by atoms with Crippen molar-refractivity contribution in [3.05, 3.63) is 44.6 Å². The Morgan fingerprint density at radius 3 is 2.57 bits per heavy atom. The van der Waals surface area contributed by atoms with E-state index in [2.05, 4.69) is 32.1 Å². The van der Waals surface area contributed by atoms with E-state index in [1.54, 1.807) is 11.5 Å². The van der Waals surface area contributed by atoms with Gasteiger partial charge in [-0.2, -0.15) is 0 Å². The average molecular weight is 269 g/mol. The average Bonchev–Trinajstić information content (AvgIpc) is 2.30. The van der Waals surface area contributed by atoms with Gasteiger partial charge in [-0.15, -0.1) is 19.1 Å². The molecule has 0 aromatic carbocycles. The second-order valence-electron chi connectivity index (χ2n) is 3.85. The molecule has 0 aliphatic heterocycles. The van der Waals surface area contributed by atoms with Gasteiger partial charge >= 0.3 is 26.2 Å². The molecule has 1 fully saturated rings. The number of rotatable bonds is 0. The number of fused-ring (bicyclic) bond motifs is 1. The summed E-state index contributed by atoms with van der Waals surface area (Å²) in [6.07, 6.45) is 9.38. The molecular weight excluding hydrogens is 247 g/mol. The predicted molar refractivity (Wildman–Crippen MR) is 60.9 cm³/mol. The van der Waals surface area contributed by atoms with Crippen LogP contribution in [0.4, 0.5) is 0 Å². The van der Waals surface area contributed by atoms with E-state index in [1.807, 2.05) is 0 Å². The van der Waals surface area contributed by atoms with Crippen molar-refractivity contribution in [3.63, 3.8) is 0 Å². The molecule has 0 aromatic rings. The van der Waals surface area contributed by atoms with Gasteiger partial charge in [-0.25, -0.2) is 17.6 Å². The minimum Gasteiger partial charge on any atom is -0.358 e. The van der Waals surface area contributed by atoms with E-state index in [0.717, 1.165) is 11.8 Å². The van der Waals surface area contributed by atoms with Gasteiger partial charge in [-0.05, 0) is 12.3 Å². The maximum Gasteiger partial charge on any atom is 3.00 e. The molecule has 14 heavy (non-hydrogen) atoms. The van der Waals surface area contributed by atoms with Crippen molar-refractivity contribution in [1.82, 2.24) is 0 Å². The molecule has 2 rings (SSSR count). The maximum atomic E-state index is 2.37. The van der Waals surface area contributed by atoms with Crippen LogP contribution in [0.1, 0.15) is 26.7 Å². The van der Waals surface area contributed by atoms with E-state index < -0.39 is 0 Å². The molecule has 0 heterocycles. The Kier molecular flexibility index (Phi) is 7.93. The molecule has 2 unspecified atom stereocenters. The zero-order valence-corrected chi connectivity index (χ0v) is 12.3. The summed E-state index contributed by atoms with van der Waals surface area (Å²) in [7, 11) is 0. The minimum atomic E-state index is 0. The molecule has 1 saturated carbocycles. The van der Waals surface area contributed by atoms with Crippen LogP contribution in [0.15, 0.2) is 23.8 Å². The predicted octanol–water partition coefficient (Wildman–Crippen LogP) is 4.02. The molecule has 77 valence electrons. The van der Waals surface area contributed by atoms with Crippen molar-refractivity contribution < 1.29 is 26.2 Å². The van der Waals surface area contributed by atoms with Gasteiger partial charge in [-0.3, -0.25) is 0 Å². The van der Waals surface area contributed by atoms with Gasteiger partial charge in [0.15, 0.2) is 0 Å². The molecule has 2 atom stereocenters. The minimum absolute atomic E-state index is 0. The molecule has 0 spiro atoms. The summed E-state index contributed by atoms with van der Waals surface area (Å²) in [6.45, 7) is 4.65. The standard InChI is InChI=1S/C11H15.2CH3.Zr/c1-8-7-9(2)11-6-4-3-5-10(8)11;;;/h3-5,9,11H,6-7H2,1-2H3;2*1H3;/q3*-1;+3. The SMILES string of the molecule is C[C-]1CC(C)C2CC=CC=C12.[CH3-].[CH3-].[Zr+3]. The zero-order chi connectivity index (χ0) is 7.84. The van der Waals surface area contributed by atoms with Crippen molar-refractivity contribution in [2.45, 2.75) is 26.7 Å². The van der Waals surface area contributed by atoms with E-state index in [-0.39, 0.29) is 41.1 Å². The van der Waals surface area contributed by atoms with Crippen LogP contribution in [-0.2, 0) is 26.2 Å². The molecule has 0 N–H and O–H groups in total.